The second-order valence-corrected chi connectivity index (χ2v) is 3.14. The molecule has 13 heavy (non-hydrogen) atoms. The maximum absolute atomic E-state index is 11.4. The van der Waals surface area contributed by atoms with Gasteiger partial charge in [0.25, 0.3) is 0 Å². The van der Waals surface area contributed by atoms with Gasteiger partial charge in [-0.25, -0.2) is 4.79 Å². The topological polar surface area (TPSA) is 64.4 Å². The average molecular weight is 181 g/mol. The first-order chi connectivity index (χ1) is 6.00. The minimum Gasteiger partial charge on any atom is -0.323 e. The SMILES string of the molecule is CC1C(C#N)C(=O)N(C)C(=O)N1C. The molecule has 1 rings (SSSR count). The molecule has 0 radical (unpaired) electrons. The highest BCUT2D eigenvalue weighted by Gasteiger charge is 2.40. The van der Waals surface area contributed by atoms with E-state index in [0.717, 1.165) is 4.90 Å². The molecule has 2 unspecified atom stereocenters. The first kappa shape index (κ1) is 9.52. The molecule has 1 aliphatic rings. The van der Waals surface area contributed by atoms with Gasteiger partial charge in [0.1, 0.15) is 5.92 Å². The lowest BCUT2D eigenvalue weighted by atomic mass is 9.98. The van der Waals surface area contributed by atoms with Crippen molar-refractivity contribution in [2.75, 3.05) is 14.1 Å². The molecule has 0 saturated carbocycles. The fraction of sp³-hybridized carbons (Fsp3) is 0.625. The molecule has 1 aliphatic heterocycles. The van der Waals surface area contributed by atoms with E-state index < -0.39 is 11.8 Å². The van der Waals surface area contributed by atoms with Crippen LogP contribution in [0.4, 0.5) is 4.79 Å². The second kappa shape index (κ2) is 3.05. The van der Waals surface area contributed by atoms with Crippen LogP contribution >= 0.6 is 0 Å². The fourth-order valence-corrected chi connectivity index (χ4v) is 1.31. The molecule has 0 aromatic carbocycles. The van der Waals surface area contributed by atoms with E-state index in [1.807, 2.05) is 6.07 Å². The molecule has 1 fully saturated rings. The molecule has 5 nitrogen and oxygen atoms in total. The third-order valence-corrected chi connectivity index (χ3v) is 2.42. The first-order valence-corrected chi connectivity index (χ1v) is 3.94. The molecular weight excluding hydrogens is 170 g/mol. The van der Waals surface area contributed by atoms with Gasteiger partial charge in [-0.2, -0.15) is 5.26 Å². The zero-order chi connectivity index (χ0) is 10.2. The molecule has 0 spiro atoms. The number of carbonyl (C=O) groups is 2. The molecular formula is C8H11N3O2. The van der Waals surface area contributed by atoms with Crippen molar-refractivity contribution in [2.24, 2.45) is 5.92 Å². The predicted molar refractivity (Wildman–Crippen MR) is 44.5 cm³/mol. The van der Waals surface area contributed by atoms with Crippen LogP contribution in [-0.2, 0) is 4.79 Å². The van der Waals surface area contributed by atoms with Crippen molar-refractivity contribution in [1.82, 2.24) is 9.80 Å². The van der Waals surface area contributed by atoms with Crippen LogP contribution in [0.3, 0.4) is 0 Å². The van der Waals surface area contributed by atoms with E-state index in [-0.39, 0.29) is 12.1 Å². The maximum Gasteiger partial charge on any atom is 0.326 e. The van der Waals surface area contributed by atoms with E-state index in [0.29, 0.717) is 0 Å². The monoisotopic (exact) mass is 181 g/mol. The summed E-state index contributed by atoms with van der Waals surface area (Å²) in [7, 11) is 2.97. The third-order valence-electron chi connectivity index (χ3n) is 2.42. The Morgan fingerprint density at radius 2 is 1.92 bits per heavy atom. The molecule has 0 bridgehead atoms. The van der Waals surface area contributed by atoms with Gasteiger partial charge in [-0.05, 0) is 6.92 Å². The van der Waals surface area contributed by atoms with Gasteiger partial charge < -0.3 is 4.90 Å². The van der Waals surface area contributed by atoms with E-state index in [4.69, 9.17) is 5.26 Å². The van der Waals surface area contributed by atoms with E-state index in [1.54, 1.807) is 14.0 Å². The van der Waals surface area contributed by atoms with Crippen molar-refractivity contribution in [1.29, 1.82) is 5.26 Å². The number of carbonyl (C=O) groups excluding carboxylic acids is 2. The molecule has 2 atom stereocenters. The Morgan fingerprint density at radius 3 is 2.38 bits per heavy atom. The Labute approximate surface area is 76.5 Å². The number of amides is 3. The standard InChI is InChI=1S/C8H11N3O2/c1-5-6(4-9)7(12)11(3)8(13)10(5)2/h5-6H,1-3H3. The van der Waals surface area contributed by atoms with Crippen LogP contribution in [0.1, 0.15) is 6.92 Å². The summed E-state index contributed by atoms with van der Waals surface area (Å²) in [6, 6.07) is 1.20. The van der Waals surface area contributed by atoms with Crippen LogP contribution in [0.15, 0.2) is 0 Å². The lowest BCUT2D eigenvalue weighted by Crippen LogP contribution is -2.57. The van der Waals surface area contributed by atoms with E-state index in [1.165, 1.54) is 11.9 Å². The van der Waals surface area contributed by atoms with Crippen LogP contribution in [-0.4, -0.2) is 41.9 Å². The summed E-state index contributed by atoms with van der Waals surface area (Å²) in [5, 5.41) is 8.72. The summed E-state index contributed by atoms with van der Waals surface area (Å²) < 4.78 is 0. The summed E-state index contributed by atoms with van der Waals surface area (Å²) >= 11 is 0. The van der Waals surface area contributed by atoms with Crippen LogP contribution in [0.2, 0.25) is 0 Å². The number of nitrogens with zero attached hydrogens (tertiary/aromatic N) is 3. The van der Waals surface area contributed by atoms with E-state index in [9.17, 15) is 9.59 Å². The molecule has 5 heteroatoms. The van der Waals surface area contributed by atoms with Gasteiger partial charge in [-0.3, -0.25) is 9.69 Å². The summed E-state index contributed by atoms with van der Waals surface area (Å²) in [4.78, 5) is 25.1. The summed E-state index contributed by atoms with van der Waals surface area (Å²) in [6.07, 6.45) is 0. The predicted octanol–water partition coefficient (Wildman–Crippen LogP) is 0.0385. The third kappa shape index (κ3) is 1.24. The van der Waals surface area contributed by atoms with E-state index in [2.05, 4.69) is 0 Å². The Kier molecular flexibility index (Phi) is 2.24. The number of rotatable bonds is 0. The van der Waals surface area contributed by atoms with Crippen molar-refractivity contribution < 1.29 is 9.59 Å². The quantitative estimate of drug-likeness (QED) is 0.530. The molecule has 0 aliphatic carbocycles. The lowest BCUT2D eigenvalue weighted by molar-refractivity contribution is -0.134. The zero-order valence-corrected chi connectivity index (χ0v) is 7.81. The molecule has 1 saturated heterocycles. The molecule has 0 N–H and O–H groups in total. The van der Waals surface area contributed by atoms with Gasteiger partial charge in [0.2, 0.25) is 5.91 Å². The van der Waals surface area contributed by atoms with Gasteiger partial charge in [0.15, 0.2) is 0 Å². The van der Waals surface area contributed by atoms with Gasteiger partial charge in [-0.15, -0.1) is 0 Å². The van der Waals surface area contributed by atoms with Crippen molar-refractivity contribution in [2.45, 2.75) is 13.0 Å². The van der Waals surface area contributed by atoms with Crippen LogP contribution in [0.5, 0.6) is 0 Å². The minimum atomic E-state index is -0.743. The zero-order valence-electron chi connectivity index (χ0n) is 7.81. The summed E-state index contributed by atoms with van der Waals surface area (Å²) in [6.45, 7) is 1.69. The van der Waals surface area contributed by atoms with Crippen LogP contribution in [0.25, 0.3) is 0 Å². The van der Waals surface area contributed by atoms with Crippen LogP contribution in [0, 0.1) is 17.2 Å². The van der Waals surface area contributed by atoms with E-state index >= 15 is 0 Å². The first-order valence-electron chi connectivity index (χ1n) is 3.94. The number of nitriles is 1. The average Bonchev–Trinajstić information content (AvgIpc) is 2.13. The van der Waals surface area contributed by atoms with Gasteiger partial charge in [0.05, 0.1) is 12.1 Å². The Morgan fingerprint density at radius 1 is 1.38 bits per heavy atom. The lowest BCUT2D eigenvalue weighted by Gasteiger charge is -2.37. The number of hydrogen-bond acceptors (Lipinski definition) is 3. The maximum atomic E-state index is 11.4. The highest BCUT2D eigenvalue weighted by molar-refractivity contribution is 5.99. The second-order valence-electron chi connectivity index (χ2n) is 3.14. The number of hydrogen-bond donors (Lipinski definition) is 0. The Bertz CT molecular complexity index is 294. The molecule has 1 heterocycles. The summed E-state index contributed by atoms with van der Waals surface area (Å²) in [5.41, 5.74) is 0. The molecule has 3 amide bonds. The van der Waals surface area contributed by atoms with Gasteiger partial charge in [-0.1, -0.05) is 0 Å². The fourth-order valence-electron chi connectivity index (χ4n) is 1.31. The van der Waals surface area contributed by atoms with Crippen molar-refractivity contribution >= 4 is 11.9 Å². The van der Waals surface area contributed by atoms with Gasteiger partial charge >= 0.3 is 6.03 Å². The summed E-state index contributed by atoms with van der Waals surface area (Å²) in [5.74, 6) is -1.16. The van der Waals surface area contributed by atoms with Crippen LogP contribution < -0.4 is 0 Å². The molecule has 0 aromatic rings. The minimum absolute atomic E-state index is 0.346. The normalized spacial score (nSPS) is 29.1. The van der Waals surface area contributed by atoms with Crippen molar-refractivity contribution in [3.05, 3.63) is 0 Å². The highest BCUT2D eigenvalue weighted by Crippen LogP contribution is 2.19. The Balaban J connectivity index is 3.00. The molecule has 70 valence electrons. The number of urea groups is 1. The van der Waals surface area contributed by atoms with Crippen molar-refractivity contribution in [3.8, 4) is 6.07 Å². The smallest absolute Gasteiger partial charge is 0.323 e. The largest absolute Gasteiger partial charge is 0.326 e. The highest BCUT2D eigenvalue weighted by atomic mass is 16.2. The number of imide groups is 1. The Hall–Kier alpha value is -1.57. The molecule has 0 aromatic heterocycles. The van der Waals surface area contributed by atoms with Crippen molar-refractivity contribution in [3.63, 3.8) is 0 Å². The van der Waals surface area contributed by atoms with Gasteiger partial charge in [0, 0.05) is 14.1 Å².